The maximum atomic E-state index is 12.1. The number of aryl methyl sites for hydroxylation is 1. The van der Waals surface area contributed by atoms with Gasteiger partial charge in [-0.15, -0.1) is 0 Å². The average molecular weight is 264 g/mol. The highest BCUT2D eigenvalue weighted by Gasteiger charge is 2.12. The number of rotatable bonds is 5. The summed E-state index contributed by atoms with van der Waals surface area (Å²) in [5.74, 6) is -0.161. The zero-order chi connectivity index (χ0) is 14.6. The Hall–Kier alpha value is -1.91. The first-order valence-corrected chi connectivity index (χ1v) is 6.31. The highest BCUT2D eigenvalue weighted by Crippen LogP contribution is 2.00. The van der Waals surface area contributed by atoms with Crippen molar-refractivity contribution >= 4 is 11.7 Å². The molecule has 0 aromatic carbocycles. The van der Waals surface area contributed by atoms with Gasteiger partial charge in [-0.05, 0) is 31.9 Å². The summed E-state index contributed by atoms with van der Waals surface area (Å²) >= 11 is 0. The quantitative estimate of drug-likeness (QED) is 0.811. The van der Waals surface area contributed by atoms with Crippen LogP contribution in [0.1, 0.15) is 36.8 Å². The molecule has 1 aromatic rings. The molecule has 1 amide bonds. The standard InChI is InChI=1S/C14H20N2O3/c1-9(2)7-15-13(18)8-16-10(3)5-6-12(11(4)17)14(16)19/h5-6,9H,7-8H2,1-4H3,(H,15,18). The van der Waals surface area contributed by atoms with Crippen LogP contribution in [-0.2, 0) is 11.3 Å². The van der Waals surface area contributed by atoms with E-state index in [4.69, 9.17) is 0 Å². The van der Waals surface area contributed by atoms with Gasteiger partial charge in [-0.1, -0.05) is 13.8 Å². The molecule has 1 aromatic heterocycles. The second-order valence-electron chi connectivity index (χ2n) is 5.03. The minimum atomic E-state index is -0.410. The van der Waals surface area contributed by atoms with Crippen LogP contribution in [0.15, 0.2) is 16.9 Å². The lowest BCUT2D eigenvalue weighted by atomic mass is 10.2. The van der Waals surface area contributed by atoms with Gasteiger partial charge in [0.15, 0.2) is 5.78 Å². The Bertz CT molecular complexity index is 544. The molecule has 0 bridgehead atoms. The third kappa shape index (κ3) is 4.05. The van der Waals surface area contributed by atoms with Crippen LogP contribution in [-0.4, -0.2) is 22.8 Å². The van der Waals surface area contributed by atoms with Crippen molar-refractivity contribution in [1.82, 2.24) is 9.88 Å². The molecule has 0 aliphatic heterocycles. The zero-order valence-electron chi connectivity index (χ0n) is 11.8. The van der Waals surface area contributed by atoms with Gasteiger partial charge < -0.3 is 9.88 Å². The van der Waals surface area contributed by atoms with E-state index >= 15 is 0 Å². The number of aromatic nitrogens is 1. The lowest BCUT2D eigenvalue weighted by Gasteiger charge is -2.12. The van der Waals surface area contributed by atoms with Crippen molar-refractivity contribution in [1.29, 1.82) is 0 Å². The third-order valence-electron chi connectivity index (χ3n) is 2.78. The van der Waals surface area contributed by atoms with E-state index in [9.17, 15) is 14.4 Å². The molecule has 5 nitrogen and oxygen atoms in total. The van der Waals surface area contributed by atoms with Gasteiger partial charge in [0, 0.05) is 12.2 Å². The number of pyridine rings is 1. The van der Waals surface area contributed by atoms with E-state index in [-0.39, 0.29) is 23.8 Å². The van der Waals surface area contributed by atoms with E-state index in [0.29, 0.717) is 18.2 Å². The summed E-state index contributed by atoms with van der Waals surface area (Å²) in [7, 11) is 0. The Morgan fingerprint density at radius 2 is 1.95 bits per heavy atom. The first kappa shape index (κ1) is 15.1. The smallest absolute Gasteiger partial charge is 0.262 e. The predicted octanol–water partition coefficient (Wildman–Crippen LogP) is 1.13. The van der Waals surface area contributed by atoms with Crippen molar-refractivity contribution in [2.45, 2.75) is 34.2 Å². The molecular weight excluding hydrogens is 244 g/mol. The minimum Gasteiger partial charge on any atom is -0.354 e. The molecule has 1 heterocycles. The minimum absolute atomic E-state index is 0.0570. The van der Waals surface area contributed by atoms with Crippen LogP contribution in [0.5, 0.6) is 0 Å². The van der Waals surface area contributed by atoms with Gasteiger partial charge in [0.25, 0.3) is 5.56 Å². The number of hydrogen-bond acceptors (Lipinski definition) is 3. The molecule has 0 aliphatic rings. The molecule has 0 fully saturated rings. The number of Topliss-reactive ketones (excluding diaryl/α,β-unsaturated/α-hetero) is 1. The van der Waals surface area contributed by atoms with E-state index in [1.807, 2.05) is 13.8 Å². The number of nitrogens with one attached hydrogen (secondary N) is 1. The highest BCUT2D eigenvalue weighted by atomic mass is 16.2. The first-order chi connectivity index (χ1) is 8.82. The van der Waals surface area contributed by atoms with E-state index in [1.54, 1.807) is 13.0 Å². The number of nitrogens with zero attached hydrogens (tertiary/aromatic N) is 1. The van der Waals surface area contributed by atoms with Gasteiger partial charge in [-0.2, -0.15) is 0 Å². The first-order valence-electron chi connectivity index (χ1n) is 6.31. The Balaban J connectivity index is 2.95. The number of hydrogen-bond donors (Lipinski definition) is 1. The summed E-state index contributed by atoms with van der Waals surface area (Å²) in [4.78, 5) is 35.1. The van der Waals surface area contributed by atoms with Crippen molar-refractivity contribution < 1.29 is 9.59 Å². The van der Waals surface area contributed by atoms with E-state index in [0.717, 1.165) is 0 Å². The largest absolute Gasteiger partial charge is 0.354 e. The fourth-order valence-electron chi connectivity index (χ4n) is 1.65. The van der Waals surface area contributed by atoms with E-state index in [1.165, 1.54) is 17.6 Å². The molecule has 0 unspecified atom stereocenters. The summed E-state index contributed by atoms with van der Waals surface area (Å²) in [5.41, 5.74) is 0.365. The Morgan fingerprint density at radius 3 is 2.47 bits per heavy atom. The van der Waals surface area contributed by atoms with Gasteiger partial charge in [0.2, 0.25) is 5.91 Å². The number of carbonyl (C=O) groups excluding carboxylic acids is 2. The maximum absolute atomic E-state index is 12.1. The summed E-state index contributed by atoms with van der Waals surface area (Å²) in [6.07, 6.45) is 0. The molecule has 0 radical (unpaired) electrons. The van der Waals surface area contributed by atoms with Crippen LogP contribution in [0.25, 0.3) is 0 Å². The van der Waals surface area contributed by atoms with Crippen molar-refractivity contribution in [2.24, 2.45) is 5.92 Å². The molecule has 0 atom stereocenters. The molecule has 5 heteroatoms. The van der Waals surface area contributed by atoms with Gasteiger partial charge in [-0.25, -0.2) is 0 Å². The van der Waals surface area contributed by atoms with E-state index < -0.39 is 5.56 Å². The summed E-state index contributed by atoms with van der Waals surface area (Å²) in [6, 6.07) is 3.18. The van der Waals surface area contributed by atoms with Gasteiger partial charge in [0.1, 0.15) is 6.54 Å². The molecular formula is C14H20N2O3. The lowest BCUT2D eigenvalue weighted by molar-refractivity contribution is -0.121. The topological polar surface area (TPSA) is 68.2 Å². The Labute approximate surface area is 112 Å². The van der Waals surface area contributed by atoms with Crippen molar-refractivity contribution in [3.63, 3.8) is 0 Å². The van der Waals surface area contributed by atoms with Gasteiger partial charge in [-0.3, -0.25) is 14.4 Å². The maximum Gasteiger partial charge on any atom is 0.262 e. The third-order valence-corrected chi connectivity index (χ3v) is 2.78. The molecule has 0 saturated carbocycles. The van der Waals surface area contributed by atoms with E-state index in [2.05, 4.69) is 5.32 Å². The monoisotopic (exact) mass is 264 g/mol. The van der Waals surface area contributed by atoms with Crippen molar-refractivity contribution in [2.75, 3.05) is 6.54 Å². The zero-order valence-corrected chi connectivity index (χ0v) is 11.8. The SMILES string of the molecule is CC(=O)c1ccc(C)n(CC(=O)NCC(C)C)c1=O. The average Bonchev–Trinajstić information content (AvgIpc) is 2.31. The van der Waals surface area contributed by atoms with Crippen LogP contribution in [0.4, 0.5) is 0 Å². The van der Waals surface area contributed by atoms with Crippen LogP contribution >= 0.6 is 0 Å². The molecule has 1 rings (SSSR count). The van der Waals surface area contributed by atoms with Crippen LogP contribution in [0.2, 0.25) is 0 Å². The second kappa shape index (κ2) is 6.31. The lowest BCUT2D eigenvalue weighted by Crippen LogP contribution is -2.36. The predicted molar refractivity (Wildman–Crippen MR) is 73.3 cm³/mol. The van der Waals surface area contributed by atoms with Crippen molar-refractivity contribution in [3.05, 3.63) is 33.7 Å². The Kier molecular flexibility index (Phi) is 5.03. The fourth-order valence-corrected chi connectivity index (χ4v) is 1.65. The van der Waals surface area contributed by atoms with Gasteiger partial charge >= 0.3 is 0 Å². The van der Waals surface area contributed by atoms with Crippen LogP contribution in [0, 0.1) is 12.8 Å². The summed E-state index contributed by atoms with van der Waals surface area (Å²) in [6.45, 7) is 7.58. The molecule has 19 heavy (non-hydrogen) atoms. The number of ketones is 1. The van der Waals surface area contributed by atoms with Gasteiger partial charge in [0.05, 0.1) is 5.56 Å². The summed E-state index contributed by atoms with van der Waals surface area (Å²) < 4.78 is 1.33. The molecule has 0 saturated heterocycles. The highest BCUT2D eigenvalue weighted by molar-refractivity contribution is 5.93. The summed E-state index contributed by atoms with van der Waals surface area (Å²) in [5, 5.41) is 2.75. The van der Waals surface area contributed by atoms with Crippen LogP contribution < -0.4 is 10.9 Å². The molecule has 1 N–H and O–H groups in total. The second-order valence-corrected chi connectivity index (χ2v) is 5.03. The molecule has 0 aliphatic carbocycles. The number of carbonyl (C=O) groups is 2. The molecule has 104 valence electrons. The Morgan fingerprint density at radius 1 is 1.32 bits per heavy atom. The number of amides is 1. The van der Waals surface area contributed by atoms with Crippen LogP contribution in [0.3, 0.4) is 0 Å². The fraction of sp³-hybridized carbons (Fsp3) is 0.500. The molecule has 0 spiro atoms. The van der Waals surface area contributed by atoms with Crippen molar-refractivity contribution in [3.8, 4) is 0 Å². The normalized spacial score (nSPS) is 10.6.